The van der Waals surface area contributed by atoms with E-state index in [1.54, 1.807) is 12.1 Å². The third kappa shape index (κ3) is 5.67. The third-order valence-electron chi connectivity index (χ3n) is 5.20. The number of esters is 1. The maximum absolute atomic E-state index is 13.2. The first-order valence-corrected chi connectivity index (χ1v) is 10.3. The van der Waals surface area contributed by atoms with Gasteiger partial charge in [-0.2, -0.15) is 13.2 Å². The zero-order valence-corrected chi connectivity index (χ0v) is 17.6. The molecule has 0 spiro atoms. The molecule has 0 fully saturated rings. The second-order valence-corrected chi connectivity index (χ2v) is 7.44. The fourth-order valence-electron chi connectivity index (χ4n) is 3.56. The lowest BCUT2D eigenvalue weighted by Gasteiger charge is -2.19. The molecule has 4 rings (SSSR count). The molecule has 2 aliphatic heterocycles. The normalized spacial score (nSPS) is 15.7. The van der Waals surface area contributed by atoms with Crippen LogP contribution in [0.1, 0.15) is 28.7 Å². The van der Waals surface area contributed by atoms with E-state index in [9.17, 15) is 18.0 Å². The number of rotatable bonds is 7. The fraction of sp³-hybridized carbons (Fsp3) is 0.292. The van der Waals surface area contributed by atoms with Crippen LogP contribution >= 0.6 is 0 Å². The number of alkyl halides is 3. The van der Waals surface area contributed by atoms with Gasteiger partial charge in [0.05, 0.1) is 5.56 Å². The van der Waals surface area contributed by atoms with Crippen molar-refractivity contribution < 1.29 is 36.9 Å². The molecule has 2 aromatic rings. The molecule has 2 heterocycles. The molecule has 0 saturated heterocycles. The summed E-state index contributed by atoms with van der Waals surface area (Å²) in [7, 11) is 0. The first-order chi connectivity index (χ1) is 15.9. The van der Waals surface area contributed by atoms with Crippen LogP contribution in [0, 0.1) is 0 Å². The summed E-state index contributed by atoms with van der Waals surface area (Å²) < 4.78 is 60.5. The molecule has 174 valence electrons. The van der Waals surface area contributed by atoms with E-state index in [4.69, 9.17) is 18.9 Å². The number of hydrogen-bond acceptors (Lipinski definition) is 6. The van der Waals surface area contributed by atoms with Crippen LogP contribution in [0.5, 0.6) is 5.75 Å². The molecule has 6 nitrogen and oxygen atoms in total. The van der Waals surface area contributed by atoms with Gasteiger partial charge in [0.25, 0.3) is 0 Å². The zero-order chi connectivity index (χ0) is 23.3. The van der Waals surface area contributed by atoms with Gasteiger partial charge in [0.15, 0.2) is 0 Å². The Balaban J connectivity index is 1.53. The maximum atomic E-state index is 13.2. The smallest absolute Gasteiger partial charge is 0.419 e. The second-order valence-electron chi connectivity index (χ2n) is 7.44. The predicted molar refractivity (Wildman–Crippen MR) is 113 cm³/mol. The average Bonchev–Trinajstić information content (AvgIpc) is 3.37. The van der Waals surface area contributed by atoms with Crippen molar-refractivity contribution in [2.75, 3.05) is 19.9 Å². The van der Waals surface area contributed by atoms with Crippen LogP contribution in [0.2, 0.25) is 0 Å². The molecule has 2 aliphatic rings. The summed E-state index contributed by atoms with van der Waals surface area (Å²) in [6.07, 6.45) is -0.481. The molecule has 0 radical (unpaired) electrons. The van der Waals surface area contributed by atoms with Crippen LogP contribution in [-0.4, -0.2) is 25.9 Å². The number of carbonyl (C=O) groups is 1. The van der Waals surface area contributed by atoms with Gasteiger partial charge in [-0.05, 0) is 53.4 Å². The Kier molecular flexibility index (Phi) is 6.88. The van der Waals surface area contributed by atoms with Gasteiger partial charge in [-0.3, -0.25) is 0 Å². The summed E-state index contributed by atoms with van der Waals surface area (Å²) in [5.41, 5.74) is 2.59. The van der Waals surface area contributed by atoms with Crippen LogP contribution in [0.3, 0.4) is 0 Å². The topological polar surface area (TPSA) is 66.0 Å². The molecule has 0 saturated carbocycles. The van der Waals surface area contributed by atoms with E-state index in [0.29, 0.717) is 12.1 Å². The van der Waals surface area contributed by atoms with Crippen molar-refractivity contribution in [1.29, 1.82) is 0 Å². The predicted octanol–water partition coefficient (Wildman–Crippen LogP) is 4.55. The summed E-state index contributed by atoms with van der Waals surface area (Å²) >= 11 is 0. The molecule has 0 aliphatic carbocycles. The number of benzene rings is 2. The van der Waals surface area contributed by atoms with Crippen molar-refractivity contribution >= 4 is 11.5 Å². The van der Waals surface area contributed by atoms with Gasteiger partial charge in [0.2, 0.25) is 12.6 Å². The van der Waals surface area contributed by atoms with E-state index >= 15 is 0 Å². The molecule has 0 amide bonds. The highest BCUT2D eigenvalue weighted by Gasteiger charge is 2.34. The van der Waals surface area contributed by atoms with Crippen LogP contribution in [0.15, 0.2) is 60.6 Å². The van der Waals surface area contributed by atoms with E-state index < -0.39 is 17.7 Å². The Morgan fingerprint density at radius 3 is 2.70 bits per heavy atom. The summed E-state index contributed by atoms with van der Waals surface area (Å²) in [6.45, 7) is 1.44. The summed E-state index contributed by atoms with van der Waals surface area (Å²) in [5.74, 6) is -0.849. The largest absolute Gasteiger partial charge is 0.488 e. The molecule has 0 atom stereocenters. The number of carbonyl (C=O) groups excluding carboxylic acids is 1. The van der Waals surface area contributed by atoms with E-state index in [1.807, 2.05) is 12.1 Å². The standard InChI is InChI=1S/C24H22F3NO5/c25-24(26,27)20-3-1-2-4-21(20)31-12-16-5-6-18(13-32-23(29)22-14-30-15-33-22)19(11-16)17-7-9-28-10-8-17/h1-7,11,14,28H,8-10,12-13,15H2. The minimum Gasteiger partial charge on any atom is -0.488 e. The third-order valence-corrected chi connectivity index (χ3v) is 5.20. The Morgan fingerprint density at radius 1 is 1.12 bits per heavy atom. The first kappa shape index (κ1) is 22.7. The van der Waals surface area contributed by atoms with Crippen molar-refractivity contribution in [3.05, 3.63) is 82.8 Å². The van der Waals surface area contributed by atoms with Crippen molar-refractivity contribution in [2.24, 2.45) is 0 Å². The lowest BCUT2D eigenvalue weighted by molar-refractivity contribution is -0.144. The maximum Gasteiger partial charge on any atom is 0.419 e. The van der Waals surface area contributed by atoms with E-state index in [2.05, 4.69) is 5.32 Å². The molecule has 0 bridgehead atoms. The summed E-state index contributed by atoms with van der Waals surface area (Å²) in [5, 5.41) is 3.24. The quantitative estimate of drug-likeness (QED) is 0.611. The molecular formula is C24H22F3NO5. The van der Waals surface area contributed by atoms with E-state index in [-0.39, 0.29) is 31.5 Å². The number of para-hydroxylation sites is 1. The molecule has 1 N–H and O–H groups in total. The molecule has 33 heavy (non-hydrogen) atoms. The Bertz CT molecular complexity index is 1080. The summed E-state index contributed by atoms with van der Waals surface area (Å²) in [6, 6.07) is 10.5. The van der Waals surface area contributed by atoms with Crippen molar-refractivity contribution in [2.45, 2.75) is 25.8 Å². The van der Waals surface area contributed by atoms with Crippen LogP contribution in [0.4, 0.5) is 13.2 Å². The molecule has 9 heteroatoms. The van der Waals surface area contributed by atoms with Gasteiger partial charge in [-0.15, -0.1) is 0 Å². The first-order valence-electron chi connectivity index (χ1n) is 10.3. The monoisotopic (exact) mass is 461 g/mol. The second kappa shape index (κ2) is 9.99. The Labute approximate surface area is 188 Å². The lowest BCUT2D eigenvalue weighted by atomic mass is 9.94. The van der Waals surface area contributed by atoms with Gasteiger partial charge in [-0.1, -0.05) is 30.3 Å². The molecule has 0 aromatic heterocycles. The highest BCUT2D eigenvalue weighted by atomic mass is 19.4. The van der Waals surface area contributed by atoms with Gasteiger partial charge >= 0.3 is 12.1 Å². The van der Waals surface area contributed by atoms with Gasteiger partial charge in [-0.25, -0.2) is 4.79 Å². The van der Waals surface area contributed by atoms with Gasteiger partial charge < -0.3 is 24.3 Å². The highest BCUT2D eigenvalue weighted by Crippen LogP contribution is 2.36. The fourth-order valence-corrected chi connectivity index (χ4v) is 3.56. The Morgan fingerprint density at radius 2 is 1.97 bits per heavy atom. The molecule has 0 unspecified atom stereocenters. The van der Waals surface area contributed by atoms with Crippen molar-refractivity contribution in [3.63, 3.8) is 0 Å². The zero-order valence-electron chi connectivity index (χ0n) is 17.6. The number of halogens is 3. The number of nitrogens with one attached hydrogen (secondary N) is 1. The number of ether oxygens (including phenoxy) is 4. The van der Waals surface area contributed by atoms with Crippen molar-refractivity contribution in [3.8, 4) is 5.75 Å². The lowest BCUT2D eigenvalue weighted by Crippen LogP contribution is -2.20. The van der Waals surface area contributed by atoms with Crippen LogP contribution in [-0.2, 0) is 38.4 Å². The Hall–Kier alpha value is -3.46. The highest BCUT2D eigenvalue weighted by molar-refractivity contribution is 5.86. The van der Waals surface area contributed by atoms with E-state index in [1.165, 1.54) is 24.5 Å². The number of hydrogen-bond donors (Lipinski definition) is 1. The van der Waals surface area contributed by atoms with Gasteiger partial charge in [0.1, 0.15) is 25.2 Å². The molecule has 2 aromatic carbocycles. The van der Waals surface area contributed by atoms with Crippen molar-refractivity contribution in [1.82, 2.24) is 5.32 Å². The molecular weight excluding hydrogens is 439 g/mol. The van der Waals surface area contributed by atoms with Crippen LogP contribution < -0.4 is 10.1 Å². The SMILES string of the molecule is O=C(OCc1ccc(COc2ccccc2C(F)(F)F)cc1C1=CCNCC1)C1=COCO1. The van der Waals surface area contributed by atoms with Gasteiger partial charge in [0, 0.05) is 6.54 Å². The van der Waals surface area contributed by atoms with E-state index in [0.717, 1.165) is 35.7 Å². The summed E-state index contributed by atoms with van der Waals surface area (Å²) in [4.78, 5) is 12.1. The minimum atomic E-state index is -4.50. The van der Waals surface area contributed by atoms with Crippen LogP contribution in [0.25, 0.3) is 5.57 Å². The minimum absolute atomic E-state index is 0.00554. The average molecular weight is 461 g/mol.